The van der Waals surface area contributed by atoms with Gasteiger partial charge >= 0.3 is 0 Å². The Labute approximate surface area is 208 Å². The summed E-state index contributed by atoms with van der Waals surface area (Å²) in [5.74, 6) is 5.24. The van der Waals surface area contributed by atoms with Crippen molar-refractivity contribution in [3.8, 4) is 0 Å². The summed E-state index contributed by atoms with van der Waals surface area (Å²) in [6, 6.07) is 12.5. The number of anilines is 1. The van der Waals surface area contributed by atoms with E-state index in [0.717, 1.165) is 47.6 Å². The predicted octanol–water partition coefficient (Wildman–Crippen LogP) is 3.25. The number of nitrogens with zero attached hydrogens (tertiary/aromatic N) is 5. The number of fused-ring (bicyclic) bond motifs is 1. The number of piperazine rings is 1. The van der Waals surface area contributed by atoms with Crippen LogP contribution in [-0.2, 0) is 16.3 Å². The molecule has 3 aromatic rings. The number of hydrogen-bond donors (Lipinski definition) is 1. The van der Waals surface area contributed by atoms with E-state index in [1.165, 1.54) is 12.1 Å². The van der Waals surface area contributed by atoms with Crippen molar-refractivity contribution < 1.29 is 8.60 Å². The fraction of sp³-hybridized carbons (Fsp3) is 0.423. The van der Waals surface area contributed by atoms with Gasteiger partial charge in [-0.2, -0.15) is 0 Å². The van der Waals surface area contributed by atoms with E-state index in [0.29, 0.717) is 37.6 Å². The maximum Gasteiger partial charge on any atom is 0.145 e. The summed E-state index contributed by atoms with van der Waals surface area (Å²) >= 11 is 0. The number of rotatable bonds is 9. The first-order valence-electron chi connectivity index (χ1n) is 12.0. The first-order valence-corrected chi connectivity index (χ1v) is 13.7. The molecule has 1 N–H and O–H groups in total. The number of aryl methyl sites for hydroxylation is 1. The molecule has 0 radical (unpaired) electrons. The Morgan fingerprint density at radius 1 is 1.11 bits per heavy atom. The van der Waals surface area contributed by atoms with Crippen molar-refractivity contribution in [3.05, 3.63) is 59.7 Å². The molecular formula is C26H35FN6OS. The molecule has 1 fully saturated rings. The van der Waals surface area contributed by atoms with E-state index in [1.807, 2.05) is 35.5 Å². The van der Waals surface area contributed by atoms with Gasteiger partial charge in [-0.3, -0.25) is 4.90 Å². The van der Waals surface area contributed by atoms with Crippen LogP contribution in [0.2, 0.25) is 0 Å². The van der Waals surface area contributed by atoms with Crippen LogP contribution in [0.5, 0.6) is 0 Å². The second-order valence-electron chi connectivity index (χ2n) is 9.34. The minimum absolute atomic E-state index is 0.389. The third-order valence-corrected chi connectivity index (χ3v) is 8.66. The number of nitrogens with one attached hydrogen (secondary N) is 1. The van der Waals surface area contributed by atoms with E-state index in [1.54, 1.807) is 6.07 Å². The van der Waals surface area contributed by atoms with Crippen LogP contribution in [0.15, 0.2) is 47.4 Å². The molecule has 1 aliphatic rings. The number of aromatic nitrogens is 2. The van der Waals surface area contributed by atoms with Gasteiger partial charge in [0, 0.05) is 38.1 Å². The fourth-order valence-electron chi connectivity index (χ4n) is 4.37. The Kier molecular flexibility index (Phi) is 8.01. The molecule has 1 saturated heterocycles. The molecule has 1 atom stereocenters. The van der Waals surface area contributed by atoms with Gasteiger partial charge in [-0.25, -0.2) is 22.9 Å². The van der Waals surface area contributed by atoms with E-state index >= 15 is 0 Å². The molecule has 1 aromatic heterocycles. The standard InChI is InChI=1S/C26H35FN6OS/c1-20-10-11-21(27)18-24(20)35(4,34)33-16-14-32(15-17-33)19-25-29-23-9-6-5-8-22(23)26(30-25)28-12-7-13-31(2)3/h5-6,8-11,18H,4,7,12-17,19H2,1-3H3,(H,28,29,30). The smallest absolute Gasteiger partial charge is 0.145 e. The lowest BCUT2D eigenvalue weighted by molar-refractivity contribution is 0.182. The summed E-state index contributed by atoms with van der Waals surface area (Å²) in [6.45, 7) is 6.90. The van der Waals surface area contributed by atoms with Crippen LogP contribution in [0.3, 0.4) is 0 Å². The van der Waals surface area contributed by atoms with Gasteiger partial charge in [0.25, 0.3) is 0 Å². The van der Waals surface area contributed by atoms with Crippen molar-refractivity contribution in [2.75, 3.05) is 58.7 Å². The van der Waals surface area contributed by atoms with Gasteiger partial charge in [0.2, 0.25) is 0 Å². The highest BCUT2D eigenvalue weighted by Gasteiger charge is 2.26. The van der Waals surface area contributed by atoms with E-state index in [4.69, 9.17) is 9.97 Å². The van der Waals surface area contributed by atoms with E-state index < -0.39 is 9.71 Å². The van der Waals surface area contributed by atoms with Crippen LogP contribution in [-0.4, -0.2) is 87.5 Å². The lowest BCUT2D eigenvalue weighted by atomic mass is 10.2. The van der Waals surface area contributed by atoms with Crippen LogP contribution in [0, 0.1) is 12.7 Å². The van der Waals surface area contributed by atoms with Crippen molar-refractivity contribution in [2.24, 2.45) is 0 Å². The van der Waals surface area contributed by atoms with Crippen LogP contribution in [0.25, 0.3) is 10.9 Å². The molecule has 2 heterocycles. The van der Waals surface area contributed by atoms with E-state index in [9.17, 15) is 8.60 Å². The minimum atomic E-state index is -2.74. The number of halogens is 1. The molecule has 0 spiro atoms. The van der Waals surface area contributed by atoms with Crippen molar-refractivity contribution in [3.63, 3.8) is 0 Å². The Bertz CT molecular complexity index is 1270. The van der Waals surface area contributed by atoms with Gasteiger partial charge in [0.1, 0.15) is 17.5 Å². The highest BCUT2D eigenvalue weighted by molar-refractivity contribution is 7.98. The molecule has 2 aromatic carbocycles. The highest BCUT2D eigenvalue weighted by Crippen LogP contribution is 2.24. The molecule has 7 nitrogen and oxygen atoms in total. The minimum Gasteiger partial charge on any atom is -0.369 e. The van der Waals surface area contributed by atoms with Crippen LogP contribution in [0.1, 0.15) is 17.8 Å². The molecule has 4 rings (SSSR count). The molecule has 0 bridgehead atoms. The number of para-hydroxylation sites is 1. The summed E-state index contributed by atoms with van der Waals surface area (Å²) < 4.78 is 29.2. The maximum atomic E-state index is 13.8. The number of hydrogen-bond acceptors (Lipinski definition) is 6. The third kappa shape index (κ3) is 6.16. The summed E-state index contributed by atoms with van der Waals surface area (Å²) in [5.41, 5.74) is 1.72. The molecule has 0 aliphatic carbocycles. The van der Waals surface area contributed by atoms with Crippen LogP contribution < -0.4 is 5.32 Å². The molecule has 1 unspecified atom stereocenters. The Morgan fingerprint density at radius 3 is 2.60 bits per heavy atom. The predicted molar refractivity (Wildman–Crippen MR) is 143 cm³/mol. The van der Waals surface area contributed by atoms with Crippen molar-refractivity contribution in [1.82, 2.24) is 24.1 Å². The zero-order valence-electron chi connectivity index (χ0n) is 20.8. The van der Waals surface area contributed by atoms with Crippen LogP contribution >= 0.6 is 0 Å². The van der Waals surface area contributed by atoms with Gasteiger partial charge < -0.3 is 10.2 Å². The zero-order valence-corrected chi connectivity index (χ0v) is 21.7. The van der Waals surface area contributed by atoms with Gasteiger partial charge in [-0.15, -0.1) is 0 Å². The normalized spacial score (nSPS) is 17.1. The monoisotopic (exact) mass is 498 g/mol. The molecule has 9 heteroatoms. The largest absolute Gasteiger partial charge is 0.369 e. The summed E-state index contributed by atoms with van der Waals surface area (Å²) in [6.07, 6.45) is 1.03. The Balaban J connectivity index is 1.43. The van der Waals surface area contributed by atoms with Gasteiger partial charge in [0.15, 0.2) is 0 Å². The molecule has 1 aliphatic heterocycles. The highest BCUT2D eigenvalue weighted by atomic mass is 32.2. The average molecular weight is 499 g/mol. The van der Waals surface area contributed by atoms with Crippen molar-refractivity contribution >= 4 is 32.3 Å². The Hall–Kier alpha value is -2.59. The molecular weight excluding hydrogens is 463 g/mol. The fourth-order valence-corrected chi connectivity index (χ4v) is 6.27. The molecule has 0 amide bonds. The summed E-state index contributed by atoms with van der Waals surface area (Å²) in [7, 11) is 1.40. The van der Waals surface area contributed by atoms with E-state index in [2.05, 4.69) is 35.1 Å². The lowest BCUT2D eigenvalue weighted by Gasteiger charge is -2.36. The second kappa shape index (κ2) is 11.0. The number of benzene rings is 2. The van der Waals surface area contributed by atoms with Crippen molar-refractivity contribution in [1.29, 1.82) is 0 Å². The third-order valence-electron chi connectivity index (χ3n) is 6.33. The quantitative estimate of drug-likeness (QED) is 0.361. The zero-order chi connectivity index (χ0) is 25.0. The topological polar surface area (TPSA) is 64.6 Å². The Morgan fingerprint density at radius 2 is 1.86 bits per heavy atom. The van der Waals surface area contributed by atoms with Crippen LogP contribution in [0.4, 0.5) is 10.2 Å². The second-order valence-corrected chi connectivity index (χ2v) is 11.6. The molecule has 35 heavy (non-hydrogen) atoms. The first kappa shape index (κ1) is 25.5. The van der Waals surface area contributed by atoms with Crippen molar-refractivity contribution in [2.45, 2.75) is 24.8 Å². The maximum absolute atomic E-state index is 13.8. The van der Waals surface area contributed by atoms with E-state index in [-0.39, 0.29) is 5.82 Å². The molecule has 188 valence electrons. The first-order chi connectivity index (χ1) is 16.7. The summed E-state index contributed by atoms with van der Waals surface area (Å²) in [5, 5.41) is 4.52. The average Bonchev–Trinajstić information content (AvgIpc) is 2.83. The summed E-state index contributed by atoms with van der Waals surface area (Å²) in [4.78, 5) is 14.6. The SMILES string of the molecule is C=S(=O)(c1cc(F)ccc1C)N1CCN(Cc2nc(NCCCN(C)C)c3ccccc3n2)CC1. The van der Waals surface area contributed by atoms with Gasteiger partial charge in [0.05, 0.1) is 26.7 Å². The lowest BCUT2D eigenvalue weighted by Crippen LogP contribution is -2.48. The van der Waals surface area contributed by atoms with Gasteiger partial charge in [-0.05, 0) is 69.7 Å². The molecule has 0 saturated carbocycles. The van der Waals surface area contributed by atoms with Gasteiger partial charge in [-0.1, -0.05) is 18.2 Å².